The van der Waals surface area contributed by atoms with Gasteiger partial charge in [0.25, 0.3) is 0 Å². The number of nitrogens with one attached hydrogen (secondary N) is 2. The largest absolute Gasteiger partial charge is 0.507 e. The number of carboxylic acid groups (broad SMARTS) is 1. The zero-order chi connectivity index (χ0) is 28.1. The number of hydrogen-bond donors (Lipinski definition) is 8. The minimum absolute atomic E-state index is 0.0712. The molecule has 0 radical (unpaired) electrons. The molecule has 0 saturated carbocycles. The number of aldehydes is 1. The summed E-state index contributed by atoms with van der Waals surface area (Å²) in [4.78, 5) is 38.0. The number of carboxylic acids is 1. The lowest BCUT2D eigenvalue weighted by molar-refractivity contribution is -0.138. The van der Waals surface area contributed by atoms with Crippen LogP contribution in [0.4, 0.5) is 0 Å². The first kappa shape index (κ1) is 27.4. The van der Waals surface area contributed by atoms with Crippen LogP contribution < -0.4 is 11.5 Å². The number of aliphatic carboxylic acids is 1. The molecule has 4 aromatic rings. The van der Waals surface area contributed by atoms with Gasteiger partial charge in [-0.3, -0.25) is 15.0 Å². The van der Waals surface area contributed by atoms with Crippen molar-refractivity contribution in [2.75, 3.05) is 7.11 Å². The van der Waals surface area contributed by atoms with Gasteiger partial charge in [0.05, 0.1) is 18.0 Å². The quantitative estimate of drug-likeness (QED) is 0.0980. The Balaban J connectivity index is 0.00000195. The predicted molar refractivity (Wildman–Crippen MR) is 141 cm³/mol. The lowest BCUT2D eigenvalue weighted by atomic mass is 9.89. The number of amides is 1. The number of nitrogens with two attached hydrogens (primary N) is 2. The Morgan fingerprint density at radius 2 is 1.61 bits per heavy atom. The van der Waals surface area contributed by atoms with Crippen LogP contribution in [0.15, 0.2) is 54.6 Å². The molecule has 0 bridgehead atoms. The molecule has 3 aromatic carbocycles. The van der Waals surface area contributed by atoms with Crippen molar-refractivity contribution < 1.29 is 34.8 Å². The summed E-state index contributed by atoms with van der Waals surface area (Å²) in [5.74, 6) is -3.64. The summed E-state index contributed by atoms with van der Waals surface area (Å²) < 4.78 is 0. The number of aromatic nitrogens is 1. The van der Waals surface area contributed by atoms with Gasteiger partial charge < -0.3 is 41.7 Å². The average molecular weight is 519 g/mol. The van der Waals surface area contributed by atoms with Gasteiger partial charge in [-0.2, -0.15) is 0 Å². The second-order valence-electron chi connectivity index (χ2n) is 8.30. The standard InChI is InChI=1S/C26H22N4O6.CH4O/c27-25(28)12-1-3-20-15(5-12)9-21(30-20)19-8-14(16(11-31)10-23(33)34)7-18(24(19)35)17-6-13(26(29)36)2-4-22(17)32;1-2/h1-9,11,16,30,32,35H,10H2,(H3,27,28)(H2,29,36)(H,33,34);2H,1H3. The van der Waals surface area contributed by atoms with Gasteiger partial charge in [-0.25, -0.2) is 0 Å². The monoisotopic (exact) mass is 518 g/mol. The number of benzene rings is 3. The summed E-state index contributed by atoms with van der Waals surface area (Å²) in [6.07, 6.45) is 0.00717. The number of aliphatic hydroxyl groups excluding tert-OH is 1. The number of nitrogen functional groups attached to an aromatic ring is 1. The predicted octanol–water partition coefficient (Wildman–Crippen LogP) is 2.66. The molecule has 0 spiro atoms. The van der Waals surface area contributed by atoms with Crippen LogP contribution in [-0.4, -0.2) is 56.5 Å². The number of phenolic OH excluding ortho intramolecular Hbond substituents is 2. The first-order valence-electron chi connectivity index (χ1n) is 11.2. The zero-order valence-electron chi connectivity index (χ0n) is 20.2. The molecule has 4 rings (SSSR count). The molecule has 0 aliphatic rings. The van der Waals surface area contributed by atoms with Crippen molar-refractivity contribution in [2.24, 2.45) is 11.5 Å². The summed E-state index contributed by atoms with van der Waals surface area (Å²) in [6.45, 7) is 0. The maximum absolute atomic E-state index is 11.8. The van der Waals surface area contributed by atoms with Crippen molar-refractivity contribution in [3.05, 3.63) is 71.3 Å². The molecule has 38 heavy (non-hydrogen) atoms. The Bertz CT molecular complexity index is 1560. The molecule has 11 nitrogen and oxygen atoms in total. The fourth-order valence-corrected chi connectivity index (χ4v) is 4.06. The molecule has 1 aromatic heterocycles. The fourth-order valence-electron chi connectivity index (χ4n) is 4.06. The molecule has 11 heteroatoms. The van der Waals surface area contributed by atoms with E-state index in [4.69, 9.17) is 22.0 Å². The molecule has 10 N–H and O–H groups in total. The SMILES string of the molecule is CO.N=C(N)c1ccc2[nH]c(-c3cc(C(C=O)CC(=O)O)cc(-c4cc(C(N)=O)ccc4O)c3O)cc2c1. The van der Waals surface area contributed by atoms with Gasteiger partial charge in [0.15, 0.2) is 0 Å². The van der Waals surface area contributed by atoms with Crippen LogP contribution in [0.5, 0.6) is 11.5 Å². The van der Waals surface area contributed by atoms with E-state index in [-0.39, 0.29) is 45.2 Å². The second-order valence-corrected chi connectivity index (χ2v) is 8.30. The minimum Gasteiger partial charge on any atom is -0.507 e. The van der Waals surface area contributed by atoms with Gasteiger partial charge in [0.1, 0.15) is 23.6 Å². The van der Waals surface area contributed by atoms with Crippen LogP contribution in [-0.2, 0) is 9.59 Å². The smallest absolute Gasteiger partial charge is 0.304 e. The topological polar surface area (TPSA) is 224 Å². The number of hydrogen-bond acceptors (Lipinski definition) is 7. The summed E-state index contributed by atoms with van der Waals surface area (Å²) in [7, 11) is 1.00. The van der Waals surface area contributed by atoms with Crippen LogP contribution in [0.25, 0.3) is 33.3 Å². The van der Waals surface area contributed by atoms with Gasteiger partial charge in [0, 0.05) is 45.8 Å². The molecule has 1 heterocycles. The van der Waals surface area contributed by atoms with Crippen LogP contribution in [0.1, 0.15) is 33.8 Å². The molecule has 0 fully saturated rings. The Morgan fingerprint density at radius 1 is 0.947 bits per heavy atom. The molecule has 1 unspecified atom stereocenters. The van der Waals surface area contributed by atoms with Crippen LogP contribution >= 0.6 is 0 Å². The van der Waals surface area contributed by atoms with E-state index in [1.165, 1.54) is 30.3 Å². The molecule has 0 aliphatic carbocycles. The highest BCUT2D eigenvalue weighted by Gasteiger charge is 2.23. The van der Waals surface area contributed by atoms with E-state index in [0.717, 1.165) is 7.11 Å². The maximum Gasteiger partial charge on any atom is 0.304 e. The number of phenols is 2. The molecular formula is C27H26N4O7. The van der Waals surface area contributed by atoms with E-state index in [1.807, 2.05) is 0 Å². The number of carbonyl (C=O) groups excluding carboxylic acids is 2. The molecular weight excluding hydrogens is 492 g/mol. The summed E-state index contributed by atoms with van der Waals surface area (Å²) >= 11 is 0. The number of amidine groups is 1. The third-order valence-corrected chi connectivity index (χ3v) is 5.91. The minimum atomic E-state index is -1.19. The number of H-pyrrole nitrogens is 1. The van der Waals surface area contributed by atoms with Crippen LogP contribution in [0.3, 0.4) is 0 Å². The van der Waals surface area contributed by atoms with E-state index < -0.39 is 24.2 Å². The number of fused-ring (bicyclic) bond motifs is 1. The molecule has 0 aliphatic heterocycles. The second kappa shape index (κ2) is 11.3. The van der Waals surface area contributed by atoms with Gasteiger partial charge in [-0.05, 0) is 60.2 Å². The summed E-state index contributed by atoms with van der Waals surface area (Å²) in [5.41, 5.74) is 13.3. The molecule has 1 amide bonds. The van der Waals surface area contributed by atoms with Crippen molar-refractivity contribution >= 4 is 34.9 Å². The summed E-state index contributed by atoms with van der Waals surface area (Å²) in [5, 5.41) is 46.4. The number of primary amides is 1. The van der Waals surface area contributed by atoms with Crippen molar-refractivity contribution in [3.8, 4) is 33.9 Å². The van der Waals surface area contributed by atoms with E-state index in [1.54, 1.807) is 24.3 Å². The Morgan fingerprint density at radius 3 is 2.21 bits per heavy atom. The van der Waals surface area contributed by atoms with E-state index in [2.05, 4.69) is 4.98 Å². The third kappa shape index (κ3) is 5.47. The lowest BCUT2D eigenvalue weighted by Gasteiger charge is -2.17. The van der Waals surface area contributed by atoms with E-state index in [9.17, 15) is 29.7 Å². The zero-order valence-corrected chi connectivity index (χ0v) is 20.2. The molecule has 0 saturated heterocycles. The Kier molecular flexibility index (Phi) is 8.13. The maximum atomic E-state index is 11.8. The van der Waals surface area contributed by atoms with Crippen molar-refractivity contribution in [1.82, 2.24) is 4.98 Å². The van der Waals surface area contributed by atoms with Gasteiger partial charge in [-0.1, -0.05) is 0 Å². The first-order chi connectivity index (χ1) is 18.1. The van der Waals surface area contributed by atoms with Gasteiger partial charge in [-0.15, -0.1) is 0 Å². The average Bonchev–Trinajstić information content (AvgIpc) is 3.32. The van der Waals surface area contributed by atoms with Crippen LogP contribution in [0, 0.1) is 5.41 Å². The normalized spacial score (nSPS) is 11.3. The Hall–Kier alpha value is -5.16. The number of aliphatic hydroxyl groups is 1. The molecule has 196 valence electrons. The number of aromatic hydroxyl groups is 2. The van der Waals surface area contributed by atoms with Gasteiger partial charge >= 0.3 is 5.97 Å². The Labute approximate surface area is 216 Å². The highest BCUT2D eigenvalue weighted by atomic mass is 16.4. The first-order valence-corrected chi connectivity index (χ1v) is 11.2. The summed E-state index contributed by atoms with van der Waals surface area (Å²) in [6, 6.07) is 13.6. The van der Waals surface area contributed by atoms with Crippen molar-refractivity contribution in [3.63, 3.8) is 0 Å². The van der Waals surface area contributed by atoms with E-state index in [0.29, 0.717) is 28.4 Å². The fraction of sp³-hybridized carbons (Fsp3) is 0.111. The van der Waals surface area contributed by atoms with Gasteiger partial charge in [0.2, 0.25) is 5.91 Å². The number of carbonyl (C=O) groups is 3. The number of aromatic amines is 1. The highest BCUT2D eigenvalue weighted by molar-refractivity contribution is 6.00. The van der Waals surface area contributed by atoms with Crippen molar-refractivity contribution in [1.29, 1.82) is 5.41 Å². The van der Waals surface area contributed by atoms with Crippen LogP contribution in [0.2, 0.25) is 0 Å². The lowest BCUT2D eigenvalue weighted by Crippen LogP contribution is -2.11. The molecule has 1 atom stereocenters. The highest BCUT2D eigenvalue weighted by Crippen LogP contribution is 2.44. The third-order valence-electron chi connectivity index (χ3n) is 5.91. The number of rotatable bonds is 8. The van der Waals surface area contributed by atoms with Crippen molar-refractivity contribution in [2.45, 2.75) is 12.3 Å². The van der Waals surface area contributed by atoms with E-state index >= 15 is 0 Å².